The van der Waals surface area contributed by atoms with Crippen LogP contribution in [-0.4, -0.2) is 4.98 Å². The molecule has 62 valence electrons. The molecule has 0 atom stereocenters. The van der Waals surface area contributed by atoms with Crippen LogP contribution in [-0.2, 0) is 11.8 Å². The van der Waals surface area contributed by atoms with Gasteiger partial charge in [0.2, 0.25) is 0 Å². The molecule has 1 heterocycles. The Morgan fingerprint density at radius 1 is 1.36 bits per heavy atom. The van der Waals surface area contributed by atoms with Crippen LogP contribution in [0.1, 0.15) is 18.3 Å². The Morgan fingerprint density at radius 2 is 2.00 bits per heavy atom. The summed E-state index contributed by atoms with van der Waals surface area (Å²) in [6.07, 6.45) is 1.01. The third-order valence-electron chi connectivity index (χ3n) is 1.36. The summed E-state index contributed by atoms with van der Waals surface area (Å²) in [5.74, 6) is 0. The van der Waals surface area contributed by atoms with E-state index in [4.69, 9.17) is 0 Å². The highest BCUT2D eigenvalue weighted by molar-refractivity contribution is 9.08. The van der Waals surface area contributed by atoms with E-state index in [0.717, 1.165) is 23.1 Å². The van der Waals surface area contributed by atoms with Gasteiger partial charge in [0.25, 0.3) is 0 Å². The Hall–Kier alpha value is 0.110. The van der Waals surface area contributed by atoms with E-state index in [1.807, 2.05) is 18.2 Å². The van der Waals surface area contributed by atoms with Gasteiger partial charge in [-0.25, -0.2) is 0 Å². The van der Waals surface area contributed by atoms with Crippen LogP contribution in [0.2, 0.25) is 0 Å². The van der Waals surface area contributed by atoms with Crippen molar-refractivity contribution in [3.8, 4) is 0 Å². The van der Waals surface area contributed by atoms with Gasteiger partial charge < -0.3 is 0 Å². The fourth-order valence-corrected chi connectivity index (χ4v) is 1.11. The van der Waals surface area contributed by atoms with Crippen molar-refractivity contribution in [2.24, 2.45) is 0 Å². The molecule has 0 bridgehead atoms. The van der Waals surface area contributed by atoms with Gasteiger partial charge in [0, 0.05) is 11.0 Å². The molecule has 1 rings (SSSR count). The molecule has 0 saturated carbocycles. The molecule has 1 aromatic heterocycles. The maximum Gasteiger partial charge on any atom is 0.0512 e. The van der Waals surface area contributed by atoms with E-state index in [0.29, 0.717) is 0 Å². The van der Waals surface area contributed by atoms with Crippen molar-refractivity contribution >= 4 is 32.9 Å². The van der Waals surface area contributed by atoms with Gasteiger partial charge in [-0.15, -0.1) is 17.0 Å². The molecule has 0 N–H and O–H groups in total. The molecule has 1 nitrogen and oxygen atoms in total. The zero-order valence-corrected chi connectivity index (χ0v) is 9.68. The first-order valence-electron chi connectivity index (χ1n) is 3.37. The largest absolute Gasteiger partial charge is 0.257 e. The van der Waals surface area contributed by atoms with Crippen molar-refractivity contribution in [3.63, 3.8) is 0 Å². The SMILES string of the molecule is Br.CCc1cccc(CBr)n1. The van der Waals surface area contributed by atoms with Crippen molar-refractivity contribution in [2.45, 2.75) is 18.7 Å². The Bertz CT molecular complexity index is 194. The molecule has 0 aliphatic rings. The highest BCUT2D eigenvalue weighted by Crippen LogP contribution is 2.03. The third-order valence-corrected chi connectivity index (χ3v) is 1.94. The molecular weight excluding hydrogens is 270 g/mol. The fraction of sp³-hybridized carbons (Fsp3) is 0.375. The van der Waals surface area contributed by atoms with Crippen LogP contribution >= 0.6 is 32.9 Å². The molecule has 0 radical (unpaired) electrons. The number of aromatic nitrogens is 1. The van der Waals surface area contributed by atoms with Gasteiger partial charge in [-0.3, -0.25) is 4.98 Å². The maximum absolute atomic E-state index is 4.36. The first-order valence-corrected chi connectivity index (χ1v) is 4.49. The first-order chi connectivity index (χ1) is 4.86. The molecule has 3 heteroatoms. The smallest absolute Gasteiger partial charge is 0.0512 e. The summed E-state index contributed by atoms with van der Waals surface area (Å²) in [7, 11) is 0. The van der Waals surface area contributed by atoms with Gasteiger partial charge in [-0.1, -0.05) is 28.9 Å². The zero-order chi connectivity index (χ0) is 7.40. The number of rotatable bonds is 2. The van der Waals surface area contributed by atoms with Crippen molar-refractivity contribution in [1.82, 2.24) is 4.98 Å². The number of alkyl halides is 1. The van der Waals surface area contributed by atoms with Gasteiger partial charge in [0.1, 0.15) is 0 Å². The Balaban J connectivity index is 0.000001000. The van der Waals surface area contributed by atoms with Crippen molar-refractivity contribution in [1.29, 1.82) is 0 Å². The minimum atomic E-state index is 0. The average Bonchev–Trinajstić information content (AvgIpc) is 2.05. The molecule has 11 heavy (non-hydrogen) atoms. The van der Waals surface area contributed by atoms with Crippen LogP contribution in [0.3, 0.4) is 0 Å². The van der Waals surface area contributed by atoms with E-state index in [9.17, 15) is 0 Å². The van der Waals surface area contributed by atoms with Crippen LogP contribution in [0, 0.1) is 0 Å². The quantitative estimate of drug-likeness (QED) is 0.759. The van der Waals surface area contributed by atoms with Crippen molar-refractivity contribution in [2.75, 3.05) is 0 Å². The first kappa shape index (κ1) is 11.1. The Morgan fingerprint density at radius 3 is 2.55 bits per heavy atom. The molecule has 0 unspecified atom stereocenters. The molecule has 1 aromatic rings. The fourth-order valence-electron chi connectivity index (χ4n) is 0.801. The number of hydrogen-bond acceptors (Lipinski definition) is 1. The van der Waals surface area contributed by atoms with Gasteiger partial charge in [-0.05, 0) is 18.6 Å². The minimum absolute atomic E-state index is 0. The van der Waals surface area contributed by atoms with E-state index >= 15 is 0 Å². The van der Waals surface area contributed by atoms with E-state index in [2.05, 4.69) is 27.8 Å². The molecule has 0 aromatic carbocycles. The van der Waals surface area contributed by atoms with Crippen LogP contribution in [0.4, 0.5) is 0 Å². The topological polar surface area (TPSA) is 12.9 Å². The Labute approximate surface area is 86.1 Å². The normalized spacial score (nSPS) is 8.91. The van der Waals surface area contributed by atoms with Crippen LogP contribution in [0.25, 0.3) is 0 Å². The number of nitrogens with zero attached hydrogens (tertiary/aromatic N) is 1. The average molecular weight is 281 g/mol. The summed E-state index contributed by atoms with van der Waals surface area (Å²) in [5, 5.41) is 0.848. The van der Waals surface area contributed by atoms with Crippen LogP contribution < -0.4 is 0 Å². The number of halogens is 2. The van der Waals surface area contributed by atoms with Crippen LogP contribution in [0.5, 0.6) is 0 Å². The maximum atomic E-state index is 4.36. The lowest BCUT2D eigenvalue weighted by molar-refractivity contribution is 1.00. The number of hydrogen-bond donors (Lipinski definition) is 0. The van der Waals surface area contributed by atoms with Gasteiger partial charge >= 0.3 is 0 Å². The standard InChI is InChI=1S/C8H10BrN.BrH/c1-2-7-4-3-5-8(6-9)10-7;/h3-5H,2,6H2,1H3;1H. The lowest BCUT2D eigenvalue weighted by atomic mass is 10.3. The molecule has 0 saturated heterocycles. The number of aryl methyl sites for hydroxylation is 1. The molecular formula is C8H11Br2N. The summed E-state index contributed by atoms with van der Waals surface area (Å²) < 4.78 is 0. The highest BCUT2D eigenvalue weighted by Gasteiger charge is 1.91. The predicted molar refractivity (Wildman–Crippen MR) is 56.6 cm³/mol. The summed E-state index contributed by atoms with van der Waals surface area (Å²) in [6.45, 7) is 2.11. The van der Waals surface area contributed by atoms with E-state index in [1.165, 1.54) is 0 Å². The highest BCUT2D eigenvalue weighted by atomic mass is 79.9. The van der Waals surface area contributed by atoms with E-state index in [-0.39, 0.29) is 17.0 Å². The summed E-state index contributed by atoms with van der Waals surface area (Å²) >= 11 is 3.36. The molecule has 0 fully saturated rings. The summed E-state index contributed by atoms with van der Waals surface area (Å²) in [4.78, 5) is 4.36. The summed E-state index contributed by atoms with van der Waals surface area (Å²) in [5.41, 5.74) is 2.27. The molecule has 0 spiro atoms. The minimum Gasteiger partial charge on any atom is -0.257 e. The van der Waals surface area contributed by atoms with Gasteiger partial charge in [-0.2, -0.15) is 0 Å². The van der Waals surface area contributed by atoms with Crippen molar-refractivity contribution in [3.05, 3.63) is 29.6 Å². The lowest BCUT2D eigenvalue weighted by Gasteiger charge is -1.96. The van der Waals surface area contributed by atoms with Crippen molar-refractivity contribution < 1.29 is 0 Å². The molecule has 0 aliphatic carbocycles. The third kappa shape index (κ3) is 3.34. The second-order valence-electron chi connectivity index (χ2n) is 2.11. The van der Waals surface area contributed by atoms with E-state index in [1.54, 1.807) is 0 Å². The second kappa shape index (κ2) is 5.72. The van der Waals surface area contributed by atoms with Crippen LogP contribution in [0.15, 0.2) is 18.2 Å². The van der Waals surface area contributed by atoms with E-state index < -0.39 is 0 Å². The lowest BCUT2D eigenvalue weighted by Crippen LogP contribution is -1.89. The number of pyridine rings is 1. The summed E-state index contributed by atoms with van der Waals surface area (Å²) in [6, 6.07) is 6.11. The molecule has 0 aliphatic heterocycles. The predicted octanol–water partition coefficient (Wildman–Crippen LogP) is 3.12. The zero-order valence-electron chi connectivity index (χ0n) is 6.38. The van der Waals surface area contributed by atoms with Gasteiger partial charge in [0.15, 0.2) is 0 Å². The second-order valence-corrected chi connectivity index (χ2v) is 2.67. The monoisotopic (exact) mass is 279 g/mol. The molecule has 0 amide bonds. The Kier molecular flexibility index (Phi) is 5.78. The van der Waals surface area contributed by atoms with Gasteiger partial charge in [0.05, 0.1) is 5.69 Å².